The van der Waals surface area contributed by atoms with Gasteiger partial charge >= 0.3 is 5.97 Å². The summed E-state index contributed by atoms with van der Waals surface area (Å²) in [5.41, 5.74) is 0.454. The van der Waals surface area contributed by atoms with Gasteiger partial charge in [0.2, 0.25) is 0 Å². The lowest BCUT2D eigenvalue weighted by atomic mass is 9.55. The van der Waals surface area contributed by atoms with Crippen molar-refractivity contribution < 1.29 is 9.90 Å². The molecule has 0 bridgehead atoms. The lowest BCUT2D eigenvalue weighted by Gasteiger charge is -2.49. The fourth-order valence-corrected chi connectivity index (χ4v) is 2.94. The molecule has 0 saturated heterocycles. The molecule has 2 heteroatoms. The van der Waals surface area contributed by atoms with E-state index in [2.05, 4.69) is 6.92 Å². The summed E-state index contributed by atoms with van der Waals surface area (Å²) in [5.74, 6) is 0.271. The molecule has 0 aliphatic heterocycles. The van der Waals surface area contributed by atoms with Gasteiger partial charge in [-0.15, -0.1) is 0 Å². The van der Waals surface area contributed by atoms with Crippen LogP contribution in [-0.4, -0.2) is 11.1 Å². The normalized spacial score (nSPS) is 44.4. The van der Waals surface area contributed by atoms with Crippen molar-refractivity contribution in [1.29, 1.82) is 0 Å². The highest BCUT2D eigenvalue weighted by molar-refractivity contribution is 5.71. The number of carboxylic acids is 1. The molecule has 13 heavy (non-hydrogen) atoms. The topological polar surface area (TPSA) is 37.3 Å². The largest absolute Gasteiger partial charge is 0.481 e. The zero-order chi connectivity index (χ0) is 9.47. The number of hydrogen-bond donors (Lipinski definition) is 1. The average Bonchev–Trinajstić information content (AvgIpc) is 2.02. The maximum atomic E-state index is 10.7. The fourth-order valence-electron chi connectivity index (χ4n) is 2.94. The smallest absolute Gasteiger partial charge is 0.306 e. The molecule has 2 aliphatic carbocycles. The molecule has 0 radical (unpaired) electrons. The lowest BCUT2D eigenvalue weighted by Crippen LogP contribution is -2.43. The molecular formula is C11H18O2. The van der Waals surface area contributed by atoms with E-state index in [0.717, 1.165) is 18.8 Å². The van der Waals surface area contributed by atoms with E-state index in [0.29, 0.717) is 5.41 Å². The van der Waals surface area contributed by atoms with Gasteiger partial charge in [0.15, 0.2) is 0 Å². The highest BCUT2D eigenvalue weighted by Gasteiger charge is 2.48. The lowest BCUT2D eigenvalue weighted by molar-refractivity contribution is -0.152. The summed E-state index contributed by atoms with van der Waals surface area (Å²) < 4.78 is 0. The molecule has 74 valence electrons. The van der Waals surface area contributed by atoms with Crippen molar-refractivity contribution in [3.05, 3.63) is 0 Å². The van der Waals surface area contributed by atoms with Crippen molar-refractivity contribution in [2.24, 2.45) is 17.3 Å². The summed E-state index contributed by atoms with van der Waals surface area (Å²) in [5, 5.41) is 8.80. The van der Waals surface area contributed by atoms with Gasteiger partial charge in [-0.05, 0) is 37.0 Å². The third-order valence-corrected chi connectivity index (χ3v) is 4.04. The Labute approximate surface area is 79.3 Å². The quantitative estimate of drug-likeness (QED) is 0.677. The Bertz CT molecular complexity index is 206. The number of hydrogen-bond acceptors (Lipinski definition) is 1. The third kappa shape index (κ3) is 1.59. The molecule has 0 aromatic carbocycles. The molecule has 2 saturated carbocycles. The Morgan fingerprint density at radius 2 is 1.85 bits per heavy atom. The van der Waals surface area contributed by atoms with Crippen LogP contribution < -0.4 is 0 Å². The Kier molecular flexibility index (Phi) is 2.09. The molecule has 1 spiro atoms. The number of carboxylic acid groups (broad SMARTS) is 1. The summed E-state index contributed by atoms with van der Waals surface area (Å²) in [4.78, 5) is 10.7. The highest BCUT2D eigenvalue weighted by Crippen LogP contribution is 2.55. The molecule has 0 aromatic rings. The van der Waals surface area contributed by atoms with Gasteiger partial charge in [-0.25, -0.2) is 0 Å². The number of aliphatic carboxylic acids is 1. The first-order chi connectivity index (χ1) is 6.11. The predicted molar refractivity (Wildman–Crippen MR) is 50.4 cm³/mol. The van der Waals surface area contributed by atoms with Gasteiger partial charge in [-0.1, -0.05) is 19.8 Å². The first-order valence-electron chi connectivity index (χ1n) is 5.34. The van der Waals surface area contributed by atoms with E-state index in [-0.39, 0.29) is 5.92 Å². The highest BCUT2D eigenvalue weighted by atomic mass is 16.4. The van der Waals surface area contributed by atoms with Crippen LogP contribution in [0.4, 0.5) is 0 Å². The minimum Gasteiger partial charge on any atom is -0.481 e. The van der Waals surface area contributed by atoms with Crippen molar-refractivity contribution in [3.8, 4) is 0 Å². The minimum absolute atomic E-state index is 0.0200. The van der Waals surface area contributed by atoms with Crippen LogP contribution >= 0.6 is 0 Å². The van der Waals surface area contributed by atoms with E-state index < -0.39 is 5.97 Å². The SMILES string of the molecule is CC1CCC2(CC1)CC(C(=O)O)C2. The Hall–Kier alpha value is -0.530. The zero-order valence-electron chi connectivity index (χ0n) is 8.25. The molecule has 2 fully saturated rings. The number of rotatable bonds is 1. The van der Waals surface area contributed by atoms with Crippen LogP contribution in [0, 0.1) is 17.3 Å². The summed E-state index contributed by atoms with van der Waals surface area (Å²) >= 11 is 0. The molecule has 0 heterocycles. The standard InChI is InChI=1S/C11H18O2/c1-8-2-4-11(5-3-8)6-9(7-11)10(12)13/h8-9H,2-7H2,1H3,(H,12,13). The van der Waals surface area contributed by atoms with Gasteiger partial charge < -0.3 is 5.11 Å². The van der Waals surface area contributed by atoms with Crippen LogP contribution in [0.3, 0.4) is 0 Å². The van der Waals surface area contributed by atoms with Gasteiger partial charge in [0, 0.05) is 0 Å². The molecule has 0 atom stereocenters. The number of carbonyl (C=O) groups is 1. The van der Waals surface area contributed by atoms with Crippen LogP contribution in [0.15, 0.2) is 0 Å². The van der Waals surface area contributed by atoms with Gasteiger partial charge in [0.05, 0.1) is 5.92 Å². The van der Waals surface area contributed by atoms with Crippen molar-refractivity contribution >= 4 is 5.97 Å². The van der Waals surface area contributed by atoms with Crippen LogP contribution in [0.1, 0.15) is 45.4 Å². The van der Waals surface area contributed by atoms with Crippen LogP contribution in [-0.2, 0) is 4.79 Å². The molecule has 0 amide bonds. The molecule has 0 unspecified atom stereocenters. The van der Waals surface area contributed by atoms with Crippen LogP contribution in [0.25, 0.3) is 0 Å². The monoisotopic (exact) mass is 182 g/mol. The molecule has 1 N–H and O–H groups in total. The molecule has 0 aromatic heterocycles. The first kappa shape index (κ1) is 9.04. The fraction of sp³-hybridized carbons (Fsp3) is 0.909. The Morgan fingerprint density at radius 3 is 2.31 bits per heavy atom. The van der Waals surface area contributed by atoms with Crippen molar-refractivity contribution in [2.75, 3.05) is 0 Å². The van der Waals surface area contributed by atoms with Crippen LogP contribution in [0.2, 0.25) is 0 Å². The third-order valence-electron chi connectivity index (χ3n) is 4.04. The molecule has 2 nitrogen and oxygen atoms in total. The maximum absolute atomic E-state index is 10.7. The summed E-state index contributed by atoms with van der Waals surface area (Å²) in [6.07, 6.45) is 7.08. The van der Waals surface area contributed by atoms with E-state index in [1.807, 2.05) is 0 Å². The Morgan fingerprint density at radius 1 is 1.31 bits per heavy atom. The predicted octanol–water partition coefficient (Wildman–Crippen LogP) is 2.68. The average molecular weight is 182 g/mol. The van der Waals surface area contributed by atoms with Gasteiger partial charge in [0.1, 0.15) is 0 Å². The van der Waals surface area contributed by atoms with E-state index in [9.17, 15) is 4.79 Å². The van der Waals surface area contributed by atoms with Gasteiger partial charge in [-0.2, -0.15) is 0 Å². The van der Waals surface area contributed by atoms with Crippen molar-refractivity contribution in [1.82, 2.24) is 0 Å². The van der Waals surface area contributed by atoms with E-state index in [1.54, 1.807) is 0 Å². The van der Waals surface area contributed by atoms with E-state index in [1.165, 1.54) is 25.7 Å². The molecule has 2 rings (SSSR count). The van der Waals surface area contributed by atoms with Gasteiger partial charge in [-0.3, -0.25) is 4.79 Å². The second kappa shape index (κ2) is 3.00. The van der Waals surface area contributed by atoms with Crippen LogP contribution in [0.5, 0.6) is 0 Å². The van der Waals surface area contributed by atoms with Crippen molar-refractivity contribution in [3.63, 3.8) is 0 Å². The van der Waals surface area contributed by atoms with Crippen molar-refractivity contribution in [2.45, 2.75) is 45.4 Å². The summed E-state index contributed by atoms with van der Waals surface area (Å²) in [6, 6.07) is 0. The van der Waals surface area contributed by atoms with Gasteiger partial charge in [0.25, 0.3) is 0 Å². The Balaban J connectivity index is 1.86. The summed E-state index contributed by atoms with van der Waals surface area (Å²) in [6.45, 7) is 2.31. The molecule has 2 aliphatic rings. The first-order valence-corrected chi connectivity index (χ1v) is 5.34. The molecular weight excluding hydrogens is 164 g/mol. The zero-order valence-corrected chi connectivity index (χ0v) is 8.25. The van der Waals surface area contributed by atoms with E-state index in [4.69, 9.17) is 5.11 Å². The maximum Gasteiger partial charge on any atom is 0.306 e. The van der Waals surface area contributed by atoms with E-state index >= 15 is 0 Å². The second-order valence-electron chi connectivity index (χ2n) is 5.13. The minimum atomic E-state index is -0.579. The second-order valence-corrected chi connectivity index (χ2v) is 5.13. The summed E-state index contributed by atoms with van der Waals surface area (Å²) in [7, 11) is 0.